The molecule has 0 spiro atoms. The predicted molar refractivity (Wildman–Crippen MR) is 184 cm³/mol. The number of hydrogen-bond donors (Lipinski definition) is 3. The Hall–Kier alpha value is -4.38. The van der Waals surface area contributed by atoms with E-state index in [1.54, 1.807) is 29.6 Å². The second kappa shape index (κ2) is 11.8. The monoisotopic (exact) mass is 652 g/mol. The van der Waals surface area contributed by atoms with Gasteiger partial charge in [0.05, 0.1) is 33.0 Å². The molecule has 1 aliphatic carbocycles. The average Bonchev–Trinajstić information content (AvgIpc) is 3.64. The number of primary amides is 1. The number of thiazole rings is 2. The van der Waals surface area contributed by atoms with Gasteiger partial charge in [-0.25, -0.2) is 14.8 Å². The Bertz CT molecular complexity index is 1880. The van der Waals surface area contributed by atoms with Gasteiger partial charge < -0.3 is 15.9 Å². The van der Waals surface area contributed by atoms with Crippen LogP contribution < -0.4 is 5.73 Å². The lowest BCUT2D eigenvalue weighted by atomic mass is 9.60. The lowest BCUT2D eigenvalue weighted by Crippen LogP contribution is -2.67. The summed E-state index contributed by atoms with van der Waals surface area (Å²) >= 11 is 3.16. The number of carbonyl (C=O) groups excluding carboxylic acids is 1. The zero-order valence-electron chi connectivity index (χ0n) is 26.2. The van der Waals surface area contributed by atoms with Crippen LogP contribution in [0.15, 0.2) is 85.1 Å². The fourth-order valence-electron chi connectivity index (χ4n) is 6.63. The summed E-state index contributed by atoms with van der Waals surface area (Å²) < 4.78 is 0. The van der Waals surface area contributed by atoms with Crippen molar-refractivity contribution in [2.45, 2.75) is 63.6 Å². The average molecular weight is 653 g/mol. The number of aliphatic hydroxyl groups is 1. The Kier molecular flexibility index (Phi) is 8.08. The van der Waals surface area contributed by atoms with Crippen molar-refractivity contribution < 1.29 is 19.8 Å². The van der Waals surface area contributed by atoms with Crippen molar-refractivity contribution in [2.24, 2.45) is 5.73 Å². The largest absolute Gasteiger partial charge is 0.465 e. The van der Waals surface area contributed by atoms with Gasteiger partial charge in [0.25, 0.3) is 0 Å². The maximum atomic E-state index is 12.6. The Labute approximate surface area is 276 Å². The van der Waals surface area contributed by atoms with E-state index >= 15 is 0 Å². The van der Waals surface area contributed by atoms with Crippen LogP contribution in [0.25, 0.3) is 42.2 Å². The van der Waals surface area contributed by atoms with Crippen molar-refractivity contribution in [2.75, 3.05) is 0 Å². The normalized spacial score (nSPS) is 19.4. The predicted octanol–water partition coefficient (Wildman–Crippen LogP) is 7.81. The van der Waals surface area contributed by atoms with E-state index in [0.717, 1.165) is 53.3 Å². The van der Waals surface area contributed by atoms with Gasteiger partial charge in [-0.05, 0) is 44.4 Å². The highest BCUT2D eigenvalue weighted by Gasteiger charge is 2.59. The summed E-state index contributed by atoms with van der Waals surface area (Å²) in [5.41, 5.74) is 8.37. The molecule has 236 valence electrons. The highest BCUT2D eigenvalue weighted by Crippen LogP contribution is 2.55. The van der Waals surface area contributed by atoms with Gasteiger partial charge in [0.1, 0.15) is 10.0 Å². The number of rotatable bonds is 8. The molecule has 0 bridgehead atoms. The van der Waals surface area contributed by atoms with Crippen molar-refractivity contribution in [1.82, 2.24) is 14.9 Å². The molecule has 2 amide bonds. The summed E-state index contributed by atoms with van der Waals surface area (Å²) in [7, 11) is 0. The number of nitrogens with zero attached hydrogens (tertiary/aromatic N) is 3. The summed E-state index contributed by atoms with van der Waals surface area (Å²) in [5.74, 6) is -0.365. The molecule has 1 saturated carbocycles. The second-order valence-corrected chi connectivity index (χ2v) is 15.2. The van der Waals surface area contributed by atoms with Gasteiger partial charge in [-0.2, -0.15) is 0 Å². The van der Waals surface area contributed by atoms with Gasteiger partial charge in [0.15, 0.2) is 0 Å². The van der Waals surface area contributed by atoms with Crippen LogP contribution in [0.1, 0.15) is 51.7 Å². The topological polar surface area (TPSA) is 130 Å². The van der Waals surface area contributed by atoms with Crippen molar-refractivity contribution in [1.29, 1.82) is 0 Å². The maximum Gasteiger partial charge on any atom is 0.408 e. The number of amides is 2. The third kappa shape index (κ3) is 6.08. The fourth-order valence-corrected chi connectivity index (χ4v) is 8.68. The Balaban J connectivity index is 1.37. The maximum absolute atomic E-state index is 12.6. The summed E-state index contributed by atoms with van der Waals surface area (Å²) in [4.78, 5) is 37.1. The molecule has 0 saturated heterocycles. The highest BCUT2D eigenvalue weighted by atomic mass is 32.1. The van der Waals surface area contributed by atoms with E-state index in [2.05, 4.69) is 17.1 Å². The van der Waals surface area contributed by atoms with E-state index < -0.39 is 22.8 Å². The van der Waals surface area contributed by atoms with Gasteiger partial charge in [0, 0.05) is 35.7 Å². The molecule has 2 heterocycles. The van der Waals surface area contributed by atoms with Crippen molar-refractivity contribution in [3.8, 4) is 42.2 Å². The van der Waals surface area contributed by atoms with Crippen molar-refractivity contribution in [3.05, 3.63) is 96.2 Å². The van der Waals surface area contributed by atoms with E-state index in [9.17, 15) is 19.8 Å². The standard InChI is InChI=1S/C36H36N4O4S2/c1-34(2,3)40(33(42)43)36(20-35(4,44)21-36)26-16-14-23(15-17-26)29-30(24-8-6-5-7-9-24)46-32(39-29)27-19-38-31(45-27)25-12-10-22(11-13-25)18-28(37)41/h5-17,19,44H,18,20-21H2,1-4H3,(H2,37,41)(H,42,43)/t35-,36+. The molecule has 8 nitrogen and oxygen atoms in total. The van der Waals surface area contributed by atoms with Crippen LogP contribution in [-0.2, 0) is 16.8 Å². The molecule has 0 unspecified atom stereocenters. The minimum atomic E-state index is -1.01. The van der Waals surface area contributed by atoms with Crippen LogP contribution in [0.4, 0.5) is 4.79 Å². The highest BCUT2D eigenvalue weighted by molar-refractivity contribution is 7.25. The summed E-state index contributed by atoms with van der Waals surface area (Å²) in [6.07, 6.45) is 1.68. The Morgan fingerprint density at radius 1 is 0.891 bits per heavy atom. The zero-order valence-corrected chi connectivity index (χ0v) is 27.8. The van der Waals surface area contributed by atoms with Gasteiger partial charge in [-0.15, -0.1) is 22.7 Å². The number of benzene rings is 3. The number of aromatic nitrogens is 2. The van der Waals surface area contributed by atoms with Crippen LogP contribution in [0.3, 0.4) is 0 Å². The molecule has 5 aromatic rings. The Morgan fingerprint density at radius 2 is 1.52 bits per heavy atom. The number of hydrogen-bond acceptors (Lipinski definition) is 7. The van der Waals surface area contributed by atoms with Crippen LogP contribution in [0.5, 0.6) is 0 Å². The van der Waals surface area contributed by atoms with Crippen LogP contribution in [0.2, 0.25) is 0 Å². The summed E-state index contributed by atoms with van der Waals surface area (Å²) in [6, 6.07) is 25.8. The van der Waals surface area contributed by atoms with Crippen molar-refractivity contribution in [3.63, 3.8) is 0 Å². The first kappa shape index (κ1) is 31.6. The van der Waals surface area contributed by atoms with Gasteiger partial charge in [-0.3, -0.25) is 9.69 Å². The smallest absolute Gasteiger partial charge is 0.408 e. The molecule has 4 N–H and O–H groups in total. The van der Waals surface area contributed by atoms with E-state index in [4.69, 9.17) is 10.7 Å². The molecular weight excluding hydrogens is 617 g/mol. The van der Waals surface area contributed by atoms with E-state index in [1.165, 1.54) is 4.90 Å². The minimum Gasteiger partial charge on any atom is -0.465 e. The molecule has 10 heteroatoms. The molecule has 0 aliphatic heterocycles. The molecule has 6 rings (SSSR count). The van der Waals surface area contributed by atoms with Gasteiger partial charge in [0.2, 0.25) is 5.91 Å². The third-order valence-electron chi connectivity index (χ3n) is 8.29. The quantitative estimate of drug-likeness (QED) is 0.157. The molecule has 0 radical (unpaired) electrons. The third-order valence-corrected chi connectivity index (χ3v) is 10.6. The van der Waals surface area contributed by atoms with Gasteiger partial charge in [-0.1, -0.05) is 78.9 Å². The number of carboxylic acid groups (broad SMARTS) is 1. The molecule has 1 aliphatic rings. The second-order valence-electron chi connectivity index (χ2n) is 13.2. The van der Waals surface area contributed by atoms with Gasteiger partial charge >= 0.3 is 6.09 Å². The zero-order chi connectivity index (χ0) is 32.9. The number of carbonyl (C=O) groups is 2. The molecule has 0 atom stereocenters. The van der Waals surface area contributed by atoms with Crippen molar-refractivity contribution >= 4 is 34.7 Å². The molecular formula is C36H36N4O4S2. The van der Waals surface area contributed by atoms with Crippen LogP contribution in [0, 0.1) is 0 Å². The minimum absolute atomic E-state index is 0.199. The molecule has 1 fully saturated rings. The van der Waals surface area contributed by atoms with E-state index in [-0.39, 0.29) is 12.3 Å². The van der Waals surface area contributed by atoms with Crippen LogP contribution >= 0.6 is 22.7 Å². The number of nitrogens with two attached hydrogens (primary N) is 1. The first-order chi connectivity index (χ1) is 21.8. The Morgan fingerprint density at radius 3 is 2.09 bits per heavy atom. The van der Waals surface area contributed by atoms with E-state index in [1.807, 2.05) is 93.7 Å². The first-order valence-electron chi connectivity index (χ1n) is 15.0. The van der Waals surface area contributed by atoms with Crippen LogP contribution in [-0.4, -0.2) is 48.2 Å². The molecule has 2 aromatic heterocycles. The summed E-state index contributed by atoms with van der Waals surface area (Å²) in [5, 5.41) is 22.8. The lowest BCUT2D eigenvalue weighted by Gasteiger charge is -2.60. The van der Waals surface area contributed by atoms with E-state index in [0.29, 0.717) is 12.8 Å². The molecule has 3 aromatic carbocycles. The summed E-state index contributed by atoms with van der Waals surface area (Å²) in [6.45, 7) is 7.42. The molecule has 46 heavy (non-hydrogen) atoms. The fraction of sp³-hybridized carbons (Fsp3) is 0.278. The first-order valence-corrected chi connectivity index (χ1v) is 16.7. The SMILES string of the molecule is CC(C)(C)N(C(=O)O)[C@]1(c2ccc(-c3nc(-c4cnc(-c5ccc(CC(N)=O)cc5)s4)sc3-c3ccccc3)cc2)C[C@](C)(O)C1. The lowest BCUT2D eigenvalue weighted by molar-refractivity contribution is -0.152.